The van der Waals surface area contributed by atoms with Crippen LogP contribution in [0.3, 0.4) is 0 Å². The van der Waals surface area contributed by atoms with Crippen molar-refractivity contribution in [3.8, 4) is 28.7 Å². The number of hydrogen-bond donors (Lipinski definition) is 0. The van der Waals surface area contributed by atoms with Gasteiger partial charge < -0.3 is 9.13 Å². The second kappa shape index (κ2) is 8.69. The van der Waals surface area contributed by atoms with Gasteiger partial charge in [-0.15, -0.1) is 0 Å². The van der Waals surface area contributed by atoms with E-state index in [9.17, 15) is 5.26 Å². The maximum atomic E-state index is 10.1. The van der Waals surface area contributed by atoms with Gasteiger partial charge in [0.1, 0.15) is 0 Å². The van der Waals surface area contributed by atoms with E-state index in [0.717, 1.165) is 44.7 Å². The molecule has 0 saturated heterocycles. The van der Waals surface area contributed by atoms with Gasteiger partial charge in [-0.05, 0) is 54.6 Å². The van der Waals surface area contributed by atoms with Crippen molar-refractivity contribution in [2.24, 2.45) is 0 Å². The van der Waals surface area contributed by atoms with E-state index in [1.807, 2.05) is 24.4 Å². The van der Waals surface area contributed by atoms with Gasteiger partial charge in [0.25, 0.3) is 0 Å². The van der Waals surface area contributed by atoms with Crippen LogP contribution in [-0.2, 0) is 0 Å². The van der Waals surface area contributed by atoms with Gasteiger partial charge in [0, 0.05) is 44.7 Å². The smallest absolute Gasteiger partial charge is 0.0998 e. The average molecular weight is 511 g/mol. The molecular formula is C36H22N4. The molecule has 5 aromatic carbocycles. The third-order valence-electron chi connectivity index (χ3n) is 7.82. The quantitative estimate of drug-likeness (QED) is 0.238. The molecular weight excluding hydrogens is 488 g/mol. The normalized spacial score (nSPS) is 11.5. The molecule has 0 spiro atoms. The van der Waals surface area contributed by atoms with Crippen molar-refractivity contribution in [1.82, 2.24) is 14.1 Å². The number of fused-ring (bicyclic) bond motifs is 6. The maximum absolute atomic E-state index is 10.1. The molecule has 0 fully saturated rings. The number of para-hydroxylation sites is 4. The van der Waals surface area contributed by atoms with Crippen molar-refractivity contribution in [2.75, 3.05) is 0 Å². The molecule has 0 saturated carbocycles. The summed E-state index contributed by atoms with van der Waals surface area (Å²) in [5, 5.41) is 14.9. The monoisotopic (exact) mass is 510 g/mol. The first-order valence-electron chi connectivity index (χ1n) is 13.3. The first-order chi connectivity index (χ1) is 19.8. The highest BCUT2D eigenvalue weighted by Crippen LogP contribution is 2.36. The van der Waals surface area contributed by atoms with E-state index in [2.05, 4.69) is 124 Å². The topological polar surface area (TPSA) is 46.5 Å². The average Bonchev–Trinajstić information content (AvgIpc) is 3.54. The highest BCUT2D eigenvalue weighted by atomic mass is 15.0. The number of nitrogens with zero attached hydrogens (tertiary/aromatic N) is 4. The summed E-state index contributed by atoms with van der Waals surface area (Å²) in [6.07, 6.45) is 1.84. The van der Waals surface area contributed by atoms with Crippen molar-refractivity contribution < 1.29 is 0 Å². The lowest BCUT2D eigenvalue weighted by Crippen LogP contribution is -1.98. The molecule has 8 aromatic rings. The Kier molecular flexibility index (Phi) is 4.85. The van der Waals surface area contributed by atoms with E-state index in [1.54, 1.807) is 0 Å². The number of nitriles is 1. The predicted molar refractivity (Wildman–Crippen MR) is 163 cm³/mol. The fourth-order valence-electron chi connectivity index (χ4n) is 6.09. The first-order valence-corrected chi connectivity index (χ1v) is 13.3. The fourth-order valence-corrected chi connectivity index (χ4v) is 6.09. The van der Waals surface area contributed by atoms with Crippen molar-refractivity contribution >= 4 is 43.6 Å². The highest BCUT2D eigenvalue weighted by molar-refractivity contribution is 6.10. The minimum atomic E-state index is 0.594. The van der Waals surface area contributed by atoms with Gasteiger partial charge in [-0.1, -0.05) is 72.8 Å². The lowest BCUT2D eigenvalue weighted by atomic mass is 10.0. The van der Waals surface area contributed by atoms with Crippen LogP contribution in [0.5, 0.6) is 0 Å². The largest absolute Gasteiger partial charge is 0.309 e. The molecule has 0 amide bonds. The van der Waals surface area contributed by atoms with Crippen LogP contribution in [-0.4, -0.2) is 14.1 Å². The van der Waals surface area contributed by atoms with E-state index >= 15 is 0 Å². The summed E-state index contributed by atoms with van der Waals surface area (Å²) >= 11 is 0. The number of pyridine rings is 1. The summed E-state index contributed by atoms with van der Waals surface area (Å²) in [4.78, 5) is 4.76. The lowest BCUT2D eigenvalue weighted by molar-refractivity contribution is 1.15. The van der Waals surface area contributed by atoms with E-state index in [1.165, 1.54) is 21.5 Å². The van der Waals surface area contributed by atoms with Crippen molar-refractivity contribution in [2.45, 2.75) is 0 Å². The Bertz CT molecular complexity index is 2190. The molecule has 40 heavy (non-hydrogen) atoms. The molecule has 0 aliphatic rings. The van der Waals surface area contributed by atoms with Crippen LogP contribution in [0.4, 0.5) is 0 Å². The van der Waals surface area contributed by atoms with Gasteiger partial charge in [-0.25, -0.2) is 0 Å². The molecule has 4 nitrogen and oxygen atoms in total. The zero-order valence-corrected chi connectivity index (χ0v) is 21.5. The molecule has 186 valence electrons. The Morgan fingerprint density at radius 1 is 0.500 bits per heavy atom. The van der Waals surface area contributed by atoms with Crippen LogP contribution in [0.15, 0.2) is 134 Å². The first kappa shape index (κ1) is 22.3. The number of rotatable bonds is 3. The van der Waals surface area contributed by atoms with Crippen LogP contribution < -0.4 is 0 Å². The van der Waals surface area contributed by atoms with Gasteiger partial charge in [0.2, 0.25) is 0 Å². The number of benzene rings is 5. The molecule has 3 aromatic heterocycles. The Labute approximate surface area is 230 Å². The summed E-state index contributed by atoms with van der Waals surface area (Å²) in [6, 6.07) is 46.4. The maximum Gasteiger partial charge on any atom is 0.0998 e. The molecule has 4 heteroatoms. The molecule has 0 bridgehead atoms. The molecule has 0 unspecified atom stereocenters. The van der Waals surface area contributed by atoms with Gasteiger partial charge >= 0.3 is 0 Å². The highest BCUT2D eigenvalue weighted by Gasteiger charge is 2.16. The van der Waals surface area contributed by atoms with Crippen LogP contribution in [0.1, 0.15) is 5.56 Å². The standard InChI is InChI=1S/C36H22N4/c37-23-24-17-18-25(39-33-13-5-1-9-27(33)28-10-2-6-14-34(28)39)21-31(24)32-22-26(19-20-38-32)40-35-15-7-3-11-29(35)30-12-4-8-16-36(30)40/h1-22H. The van der Waals surface area contributed by atoms with Crippen LogP contribution in [0.2, 0.25) is 0 Å². The Balaban J connectivity index is 1.36. The molecule has 0 aliphatic carbocycles. The molecule has 3 heterocycles. The van der Waals surface area contributed by atoms with Crippen LogP contribution in [0.25, 0.3) is 66.2 Å². The molecule has 0 aliphatic heterocycles. The van der Waals surface area contributed by atoms with Gasteiger partial charge in [-0.2, -0.15) is 5.26 Å². The van der Waals surface area contributed by atoms with Crippen molar-refractivity contribution in [3.63, 3.8) is 0 Å². The summed E-state index contributed by atoms with van der Waals surface area (Å²) in [6.45, 7) is 0. The second-order valence-corrected chi connectivity index (χ2v) is 9.98. The van der Waals surface area contributed by atoms with E-state index < -0.39 is 0 Å². The SMILES string of the molecule is N#Cc1ccc(-n2c3ccccc3c3ccccc32)cc1-c1cc(-n2c3ccccc3c3ccccc32)ccn1. The van der Waals surface area contributed by atoms with E-state index in [0.29, 0.717) is 5.56 Å². The molecule has 0 atom stereocenters. The van der Waals surface area contributed by atoms with Crippen LogP contribution >= 0.6 is 0 Å². The Morgan fingerprint density at radius 2 is 0.950 bits per heavy atom. The van der Waals surface area contributed by atoms with Gasteiger partial charge in [-0.3, -0.25) is 4.98 Å². The van der Waals surface area contributed by atoms with Crippen molar-refractivity contribution in [3.05, 3.63) is 139 Å². The number of aromatic nitrogens is 3. The summed E-state index contributed by atoms with van der Waals surface area (Å²) in [5.74, 6) is 0. The molecule has 8 rings (SSSR count). The van der Waals surface area contributed by atoms with E-state index in [4.69, 9.17) is 4.98 Å². The Morgan fingerprint density at radius 3 is 1.43 bits per heavy atom. The minimum absolute atomic E-state index is 0.594. The molecule has 0 N–H and O–H groups in total. The minimum Gasteiger partial charge on any atom is -0.309 e. The summed E-state index contributed by atoms with van der Waals surface area (Å²) in [5.41, 5.74) is 8.71. The van der Waals surface area contributed by atoms with Gasteiger partial charge in [0.05, 0.1) is 39.4 Å². The van der Waals surface area contributed by atoms with Crippen LogP contribution in [0, 0.1) is 11.3 Å². The third kappa shape index (κ3) is 3.22. The van der Waals surface area contributed by atoms with Gasteiger partial charge in [0.15, 0.2) is 0 Å². The molecule has 0 radical (unpaired) electrons. The predicted octanol–water partition coefficient (Wildman–Crippen LogP) is 8.81. The number of hydrogen-bond acceptors (Lipinski definition) is 2. The zero-order chi connectivity index (χ0) is 26.6. The fraction of sp³-hybridized carbons (Fsp3) is 0. The van der Waals surface area contributed by atoms with E-state index in [-0.39, 0.29) is 0 Å². The third-order valence-corrected chi connectivity index (χ3v) is 7.82. The van der Waals surface area contributed by atoms with Crippen molar-refractivity contribution in [1.29, 1.82) is 5.26 Å². The summed E-state index contributed by atoms with van der Waals surface area (Å²) < 4.78 is 4.55. The Hall–Kier alpha value is -5.66. The second-order valence-electron chi connectivity index (χ2n) is 9.98. The lowest BCUT2D eigenvalue weighted by Gasteiger charge is -2.13. The summed E-state index contributed by atoms with van der Waals surface area (Å²) in [7, 11) is 0. The zero-order valence-electron chi connectivity index (χ0n) is 21.5.